The van der Waals surface area contributed by atoms with E-state index in [9.17, 15) is 4.79 Å². The van der Waals surface area contributed by atoms with Gasteiger partial charge in [-0.1, -0.05) is 18.2 Å². The molecule has 2 aromatic rings. The number of nitrogens with one attached hydrogen (secondary N) is 1. The zero-order chi connectivity index (χ0) is 12.6. The molecule has 1 amide bonds. The van der Waals surface area contributed by atoms with Crippen molar-refractivity contribution in [2.45, 2.75) is 12.8 Å². The number of nitrogens with two attached hydrogens (primary N) is 1. The molecular formula is C14H15N3O. The number of hydrogen-bond acceptors (Lipinski definition) is 3. The molecule has 92 valence electrons. The number of para-hydroxylation sites is 1. The lowest BCUT2D eigenvalue weighted by Gasteiger charge is -2.12. The van der Waals surface area contributed by atoms with Gasteiger partial charge in [-0.2, -0.15) is 0 Å². The average molecular weight is 241 g/mol. The molecule has 0 bridgehead atoms. The molecule has 3 N–H and O–H groups in total. The van der Waals surface area contributed by atoms with Crippen LogP contribution in [0.2, 0.25) is 0 Å². The van der Waals surface area contributed by atoms with Gasteiger partial charge in [0.1, 0.15) is 0 Å². The second kappa shape index (κ2) is 4.07. The Balaban J connectivity index is 1.85. The predicted octanol–water partition coefficient (Wildman–Crippen LogP) is 1.91. The standard InChI is InChI=1S/C14H15N3O/c15-9-14(5-6-14)13(18)17-11-7-10-3-1-2-4-12(10)16-8-11/h1-4,7-8H,5-6,9,15H2,(H,17,18). The van der Waals surface area contributed by atoms with Crippen molar-refractivity contribution >= 4 is 22.5 Å². The maximum atomic E-state index is 12.0. The Morgan fingerprint density at radius 2 is 2.17 bits per heavy atom. The van der Waals surface area contributed by atoms with Crippen LogP contribution in [0.25, 0.3) is 10.9 Å². The molecule has 1 fully saturated rings. The van der Waals surface area contributed by atoms with Gasteiger partial charge in [-0.05, 0) is 25.0 Å². The Kier molecular flexibility index (Phi) is 2.52. The van der Waals surface area contributed by atoms with Crippen LogP contribution in [0.5, 0.6) is 0 Å². The topological polar surface area (TPSA) is 68.0 Å². The van der Waals surface area contributed by atoms with Gasteiger partial charge in [0.25, 0.3) is 0 Å². The highest BCUT2D eigenvalue weighted by molar-refractivity contribution is 5.98. The summed E-state index contributed by atoms with van der Waals surface area (Å²) in [4.78, 5) is 16.4. The van der Waals surface area contributed by atoms with Gasteiger partial charge in [0.05, 0.1) is 22.8 Å². The van der Waals surface area contributed by atoms with Crippen molar-refractivity contribution in [2.24, 2.45) is 11.1 Å². The maximum Gasteiger partial charge on any atom is 0.231 e. The van der Waals surface area contributed by atoms with Crippen molar-refractivity contribution in [3.8, 4) is 0 Å². The summed E-state index contributed by atoms with van der Waals surface area (Å²) in [6, 6.07) is 9.77. The Bertz CT molecular complexity index is 605. The molecule has 1 aliphatic rings. The smallest absolute Gasteiger partial charge is 0.231 e. The highest BCUT2D eigenvalue weighted by Crippen LogP contribution is 2.45. The summed E-state index contributed by atoms with van der Waals surface area (Å²) in [6.07, 6.45) is 3.46. The van der Waals surface area contributed by atoms with E-state index >= 15 is 0 Å². The fourth-order valence-corrected chi connectivity index (χ4v) is 2.08. The minimum atomic E-state index is -0.328. The Labute approximate surface area is 105 Å². The van der Waals surface area contributed by atoms with Gasteiger partial charge in [0.15, 0.2) is 0 Å². The number of anilines is 1. The molecule has 0 aliphatic heterocycles. The minimum absolute atomic E-state index is 0.0158. The summed E-state index contributed by atoms with van der Waals surface area (Å²) in [7, 11) is 0. The number of nitrogens with zero attached hydrogens (tertiary/aromatic N) is 1. The van der Waals surface area contributed by atoms with E-state index in [0.717, 1.165) is 29.4 Å². The van der Waals surface area contributed by atoms with Crippen molar-refractivity contribution in [2.75, 3.05) is 11.9 Å². The molecule has 4 nitrogen and oxygen atoms in total. The molecule has 1 aromatic carbocycles. The van der Waals surface area contributed by atoms with Crippen LogP contribution in [0.4, 0.5) is 5.69 Å². The quantitative estimate of drug-likeness (QED) is 0.862. The molecule has 1 heterocycles. The first-order chi connectivity index (χ1) is 8.73. The molecule has 18 heavy (non-hydrogen) atoms. The average Bonchev–Trinajstić information content (AvgIpc) is 3.19. The van der Waals surface area contributed by atoms with Crippen LogP contribution >= 0.6 is 0 Å². The van der Waals surface area contributed by atoms with Crippen molar-refractivity contribution in [1.29, 1.82) is 0 Å². The fraction of sp³-hybridized carbons (Fsp3) is 0.286. The number of rotatable bonds is 3. The number of fused-ring (bicyclic) bond motifs is 1. The fourth-order valence-electron chi connectivity index (χ4n) is 2.08. The van der Waals surface area contributed by atoms with Crippen LogP contribution in [0.1, 0.15) is 12.8 Å². The SMILES string of the molecule is NCC1(C(=O)Nc2cnc3ccccc3c2)CC1. The molecule has 1 aliphatic carbocycles. The lowest BCUT2D eigenvalue weighted by atomic mass is 10.1. The molecular weight excluding hydrogens is 226 g/mol. The van der Waals surface area contributed by atoms with Crippen LogP contribution in [0, 0.1) is 5.41 Å². The second-order valence-corrected chi connectivity index (χ2v) is 4.86. The summed E-state index contributed by atoms with van der Waals surface area (Å²) in [5.41, 5.74) is 6.97. The summed E-state index contributed by atoms with van der Waals surface area (Å²) in [5.74, 6) is 0.0158. The van der Waals surface area contributed by atoms with Crippen LogP contribution in [0.3, 0.4) is 0 Å². The number of amides is 1. The van der Waals surface area contributed by atoms with E-state index in [1.807, 2.05) is 30.3 Å². The van der Waals surface area contributed by atoms with Gasteiger partial charge in [0, 0.05) is 11.9 Å². The van der Waals surface area contributed by atoms with Crippen molar-refractivity contribution in [3.05, 3.63) is 36.5 Å². The van der Waals surface area contributed by atoms with E-state index in [4.69, 9.17) is 5.73 Å². The third kappa shape index (κ3) is 1.84. The monoisotopic (exact) mass is 241 g/mol. The van der Waals surface area contributed by atoms with E-state index in [0.29, 0.717) is 6.54 Å². The van der Waals surface area contributed by atoms with Gasteiger partial charge in [0.2, 0.25) is 5.91 Å². The molecule has 0 spiro atoms. The lowest BCUT2D eigenvalue weighted by molar-refractivity contribution is -0.120. The largest absolute Gasteiger partial charge is 0.329 e. The first-order valence-corrected chi connectivity index (χ1v) is 6.10. The zero-order valence-electron chi connectivity index (χ0n) is 10.0. The first kappa shape index (κ1) is 11.2. The highest BCUT2D eigenvalue weighted by atomic mass is 16.2. The number of pyridine rings is 1. The van der Waals surface area contributed by atoms with E-state index in [1.54, 1.807) is 6.20 Å². The van der Waals surface area contributed by atoms with Crippen LogP contribution < -0.4 is 11.1 Å². The van der Waals surface area contributed by atoms with E-state index in [1.165, 1.54) is 0 Å². The number of hydrogen-bond donors (Lipinski definition) is 2. The van der Waals surface area contributed by atoms with Gasteiger partial charge >= 0.3 is 0 Å². The maximum absolute atomic E-state index is 12.0. The summed E-state index contributed by atoms with van der Waals surface area (Å²) < 4.78 is 0. The molecule has 0 atom stereocenters. The normalized spacial score (nSPS) is 16.5. The second-order valence-electron chi connectivity index (χ2n) is 4.86. The van der Waals surface area contributed by atoms with Gasteiger partial charge in [-0.3, -0.25) is 9.78 Å². The number of benzene rings is 1. The lowest BCUT2D eigenvalue weighted by Crippen LogP contribution is -2.30. The van der Waals surface area contributed by atoms with E-state index in [2.05, 4.69) is 10.3 Å². The first-order valence-electron chi connectivity index (χ1n) is 6.10. The Morgan fingerprint density at radius 3 is 2.89 bits per heavy atom. The van der Waals surface area contributed by atoms with Gasteiger partial charge < -0.3 is 11.1 Å². The van der Waals surface area contributed by atoms with Gasteiger partial charge in [-0.25, -0.2) is 0 Å². The molecule has 0 radical (unpaired) electrons. The van der Waals surface area contributed by atoms with E-state index in [-0.39, 0.29) is 11.3 Å². The number of carbonyl (C=O) groups excluding carboxylic acids is 1. The van der Waals surface area contributed by atoms with E-state index < -0.39 is 0 Å². The summed E-state index contributed by atoms with van der Waals surface area (Å²) in [6.45, 7) is 0.417. The molecule has 1 saturated carbocycles. The predicted molar refractivity (Wildman–Crippen MR) is 71.1 cm³/mol. The van der Waals surface area contributed by atoms with Gasteiger partial charge in [-0.15, -0.1) is 0 Å². The van der Waals surface area contributed by atoms with Crippen LogP contribution in [-0.4, -0.2) is 17.4 Å². The Hall–Kier alpha value is -1.94. The zero-order valence-corrected chi connectivity index (χ0v) is 10.0. The molecule has 0 unspecified atom stereocenters. The summed E-state index contributed by atoms with van der Waals surface area (Å²) >= 11 is 0. The molecule has 1 aromatic heterocycles. The number of aromatic nitrogens is 1. The van der Waals surface area contributed by atoms with Crippen molar-refractivity contribution in [1.82, 2.24) is 4.98 Å². The molecule has 0 saturated heterocycles. The van der Waals surface area contributed by atoms with Crippen molar-refractivity contribution in [3.63, 3.8) is 0 Å². The third-order valence-electron chi connectivity index (χ3n) is 3.57. The van der Waals surface area contributed by atoms with Crippen molar-refractivity contribution < 1.29 is 4.79 Å². The minimum Gasteiger partial charge on any atom is -0.329 e. The Morgan fingerprint density at radius 1 is 1.39 bits per heavy atom. The molecule has 4 heteroatoms. The third-order valence-corrected chi connectivity index (χ3v) is 3.57. The highest BCUT2D eigenvalue weighted by Gasteiger charge is 2.48. The van der Waals surface area contributed by atoms with Crippen LogP contribution in [-0.2, 0) is 4.79 Å². The number of carbonyl (C=O) groups is 1. The van der Waals surface area contributed by atoms with Crippen LogP contribution in [0.15, 0.2) is 36.5 Å². The summed E-state index contributed by atoms with van der Waals surface area (Å²) in [5, 5.41) is 3.93. The molecule has 3 rings (SSSR count).